The van der Waals surface area contributed by atoms with Crippen LogP contribution in [0, 0.1) is 6.92 Å². The third-order valence-corrected chi connectivity index (χ3v) is 6.75. The standard InChI is InChI=1S/C20H22ClN3O3S2.ClH/c1-13-10-15(21)12-17-18(13)22-20(28-17)24(9-8-23(2)3)19(25)14-6-5-7-16(11-14)29(4,26)27;/h5-7,10-12H,8-9H2,1-4H3;1H. The first-order valence-electron chi connectivity index (χ1n) is 8.89. The van der Waals surface area contributed by atoms with Gasteiger partial charge in [0, 0.05) is 29.9 Å². The predicted molar refractivity (Wildman–Crippen MR) is 126 cm³/mol. The van der Waals surface area contributed by atoms with Crippen LogP contribution in [0.1, 0.15) is 15.9 Å². The molecule has 30 heavy (non-hydrogen) atoms. The Morgan fingerprint density at radius 2 is 1.87 bits per heavy atom. The van der Waals surface area contributed by atoms with E-state index < -0.39 is 9.84 Å². The van der Waals surface area contributed by atoms with E-state index in [1.807, 2.05) is 38.1 Å². The fraction of sp³-hybridized carbons (Fsp3) is 0.300. The molecule has 2 aromatic carbocycles. The summed E-state index contributed by atoms with van der Waals surface area (Å²) in [6, 6.07) is 9.78. The SMILES string of the molecule is Cc1cc(Cl)cc2sc(N(CCN(C)C)C(=O)c3cccc(S(C)(=O)=O)c3)nc12.Cl. The molecule has 0 radical (unpaired) electrons. The number of aryl methyl sites for hydroxylation is 1. The Balaban J connectivity index is 0.00000320. The number of benzene rings is 2. The molecule has 3 aromatic rings. The molecule has 3 rings (SSSR count). The van der Waals surface area contributed by atoms with Crippen LogP contribution in [0.15, 0.2) is 41.3 Å². The highest BCUT2D eigenvalue weighted by molar-refractivity contribution is 7.90. The number of hydrogen-bond donors (Lipinski definition) is 0. The summed E-state index contributed by atoms with van der Waals surface area (Å²) < 4.78 is 24.7. The van der Waals surface area contributed by atoms with Gasteiger partial charge in [-0.25, -0.2) is 13.4 Å². The lowest BCUT2D eigenvalue weighted by Crippen LogP contribution is -2.36. The number of anilines is 1. The van der Waals surface area contributed by atoms with E-state index in [4.69, 9.17) is 11.6 Å². The van der Waals surface area contributed by atoms with Gasteiger partial charge in [-0.05, 0) is 56.9 Å². The van der Waals surface area contributed by atoms with E-state index >= 15 is 0 Å². The van der Waals surface area contributed by atoms with Crippen molar-refractivity contribution < 1.29 is 13.2 Å². The number of amides is 1. The van der Waals surface area contributed by atoms with Gasteiger partial charge in [-0.15, -0.1) is 12.4 Å². The Kier molecular flexibility index (Phi) is 7.87. The molecule has 162 valence electrons. The average Bonchev–Trinajstić information content (AvgIpc) is 3.05. The molecule has 6 nitrogen and oxygen atoms in total. The summed E-state index contributed by atoms with van der Waals surface area (Å²) in [6.45, 7) is 2.98. The van der Waals surface area contributed by atoms with Crippen LogP contribution < -0.4 is 4.90 Å². The second-order valence-electron chi connectivity index (χ2n) is 7.13. The van der Waals surface area contributed by atoms with E-state index in [1.165, 1.54) is 23.5 Å². The third kappa shape index (κ3) is 5.50. The van der Waals surface area contributed by atoms with Crippen LogP contribution in [0.5, 0.6) is 0 Å². The second kappa shape index (κ2) is 9.62. The number of likely N-dealkylation sites (N-methyl/N-ethyl adjacent to an activating group) is 1. The van der Waals surface area contributed by atoms with Gasteiger partial charge in [0.1, 0.15) is 0 Å². The fourth-order valence-corrected chi connectivity index (χ4v) is 4.97. The van der Waals surface area contributed by atoms with E-state index in [-0.39, 0.29) is 23.2 Å². The number of sulfone groups is 1. The van der Waals surface area contributed by atoms with Crippen molar-refractivity contribution in [2.45, 2.75) is 11.8 Å². The normalized spacial score (nSPS) is 11.5. The molecule has 0 saturated heterocycles. The Labute approximate surface area is 191 Å². The number of rotatable bonds is 6. The molecule has 0 aliphatic rings. The number of carbonyl (C=O) groups excluding carboxylic acids is 1. The van der Waals surface area contributed by atoms with Gasteiger partial charge in [0.2, 0.25) is 0 Å². The van der Waals surface area contributed by atoms with Crippen molar-refractivity contribution in [2.24, 2.45) is 0 Å². The molecule has 0 aliphatic heterocycles. The van der Waals surface area contributed by atoms with Crippen LogP contribution >= 0.6 is 35.3 Å². The van der Waals surface area contributed by atoms with E-state index in [1.54, 1.807) is 17.0 Å². The van der Waals surface area contributed by atoms with Crippen molar-refractivity contribution in [3.8, 4) is 0 Å². The van der Waals surface area contributed by atoms with Gasteiger partial charge >= 0.3 is 0 Å². The number of halogens is 2. The van der Waals surface area contributed by atoms with Crippen molar-refractivity contribution in [3.05, 3.63) is 52.5 Å². The summed E-state index contributed by atoms with van der Waals surface area (Å²) in [7, 11) is 0.439. The van der Waals surface area contributed by atoms with Crippen LogP contribution in [0.2, 0.25) is 5.02 Å². The molecule has 0 N–H and O–H groups in total. The van der Waals surface area contributed by atoms with Crippen LogP contribution in [0.3, 0.4) is 0 Å². The third-order valence-electron chi connectivity index (χ3n) is 4.39. The minimum atomic E-state index is -3.41. The van der Waals surface area contributed by atoms with Crippen LogP contribution in [-0.2, 0) is 9.84 Å². The topological polar surface area (TPSA) is 70.6 Å². The zero-order valence-electron chi connectivity index (χ0n) is 17.0. The maximum Gasteiger partial charge on any atom is 0.260 e. The van der Waals surface area contributed by atoms with Crippen molar-refractivity contribution in [3.63, 3.8) is 0 Å². The van der Waals surface area contributed by atoms with Gasteiger partial charge in [-0.2, -0.15) is 0 Å². The first-order valence-corrected chi connectivity index (χ1v) is 12.0. The van der Waals surface area contributed by atoms with Crippen molar-refractivity contribution >= 4 is 66.4 Å². The van der Waals surface area contributed by atoms with Gasteiger partial charge in [-0.1, -0.05) is 29.0 Å². The molecular weight excluding hydrogens is 465 g/mol. The summed E-state index contributed by atoms with van der Waals surface area (Å²) >= 11 is 7.56. The van der Waals surface area contributed by atoms with Crippen molar-refractivity contribution in [1.29, 1.82) is 0 Å². The summed E-state index contributed by atoms with van der Waals surface area (Å²) in [4.78, 5) is 21.7. The molecule has 10 heteroatoms. The number of nitrogens with zero attached hydrogens (tertiary/aromatic N) is 3. The zero-order valence-corrected chi connectivity index (χ0v) is 20.3. The average molecular weight is 488 g/mol. The van der Waals surface area contributed by atoms with E-state index in [2.05, 4.69) is 4.98 Å². The summed E-state index contributed by atoms with van der Waals surface area (Å²) in [6.07, 6.45) is 1.13. The zero-order chi connectivity index (χ0) is 21.3. The number of hydrogen-bond acceptors (Lipinski definition) is 6. The van der Waals surface area contributed by atoms with E-state index in [0.29, 0.717) is 28.8 Å². The highest BCUT2D eigenvalue weighted by atomic mass is 35.5. The minimum Gasteiger partial charge on any atom is -0.308 e. The monoisotopic (exact) mass is 487 g/mol. The Morgan fingerprint density at radius 3 is 2.50 bits per heavy atom. The molecule has 0 atom stereocenters. The minimum absolute atomic E-state index is 0. The van der Waals surface area contributed by atoms with Gasteiger partial charge in [0.05, 0.1) is 15.1 Å². The lowest BCUT2D eigenvalue weighted by molar-refractivity contribution is 0.0985. The van der Waals surface area contributed by atoms with Crippen molar-refractivity contribution in [2.75, 3.05) is 38.3 Å². The van der Waals surface area contributed by atoms with E-state index in [9.17, 15) is 13.2 Å². The highest BCUT2D eigenvalue weighted by Crippen LogP contribution is 2.33. The van der Waals surface area contributed by atoms with Gasteiger partial charge in [0.25, 0.3) is 5.91 Å². The maximum absolute atomic E-state index is 13.3. The first-order chi connectivity index (χ1) is 13.6. The molecule has 0 aliphatic carbocycles. The first kappa shape index (κ1) is 24.6. The van der Waals surface area contributed by atoms with Gasteiger partial charge < -0.3 is 4.90 Å². The summed E-state index contributed by atoms with van der Waals surface area (Å²) in [5.74, 6) is -0.292. The second-order valence-corrected chi connectivity index (χ2v) is 10.6. The molecule has 0 fully saturated rings. The van der Waals surface area contributed by atoms with E-state index in [0.717, 1.165) is 22.0 Å². The lowest BCUT2D eigenvalue weighted by Gasteiger charge is -2.22. The van der Waals surface area contributed by atoms with Crippen molar-refractivity contribution in [1.82, 2.24) is 9.88 Å². The Morgan fingerprint density at radius 1 is 1.17 bits per heavy atom. The molecule has 1 amide bonds. The molecule has 0 saturated carbocycles. The smallest absolute Gasteiger partial charge is 0.260 e. The Hall–Kier alpha value is -1.71. The predicted octanol–water partition coefficient (Wildman–Crippen LogP) is 4.29. The molecule has 1 aromatic heterocycles. The lowest BCUT2D eigenvalue weighted by atomic mass is 10.2. The molecule has 0 bridgehead atoms. The van der Waals surface area contributed by atoms with Gasteiger partial charge in [-0.3, -0.25) is 9.69 Å². The van der Waals surface area contributed by atoms with Crippen LogP contribution in [-0.4, -0.2) is 57.6 Å². The number of carbonyl (C=O) groups is 1. The quantitative estimate of drug-likeness (QED) is 0.518. The molecule has 0 unspecified atom stereocenters. The number of fused-ring (bicyclic) bond motifs is 1. The van der Waals surface area contributed by atoms with Crippen LogP contribution in [0.4, 0.5) is 5.13 Å². The molecule has 1 heterocycles. The maximum atomic E-state index is 13.3. The fourth-order valence-electron chi connectivity index (χ4n) is 2.86. The number of thiazole rings is 1. The Bertz CT molecular complexity index is 1180. The largest absolute Gasteiger partial charge is 0.308 e. The van der Waals surface area contributed by atoms with Gasteiger partial charge in [0.15, 0.2) is 15.0 Å². The molecule has 0 spiro atoms. The summed E-state index contributed by atoms with van der Waals surface area (Å²) in [5, 5.41) is 1.18. The highest BCUT2D eigenvalue weighted by Gasteiger charge is 2.23. The van der Waals surface area contributed by atoms with Crippen LogP contribution in [0.25, 0.3) is 10.2 Å². The number of aromatic nitrogens is 1. The molecular formula is C20H23Cl2N3O3S2. The summed E-state index contributed by atoms with van der Waals surface area (Å²) in [5.41, 5.74) is 2.05.